The molecule has 2 rings (SSSR count). The maximum absolute atomic E-state index is 11.7. The second-order valence-corrected chi connectivity index (χ2v) is 3.85. The second-order valence-electron chi connectivity index (χ2n) is 3.85. The minimum absolute atomic E-state index is 0.153. The number of carbonyl (C=O) groups is 3. The van der Waals surface area contributed by atoms with Crippen LogP contribution in [0.25, 0.3) is 0 Å². The molecule has 1 atom stereocenters. The van der Waals surface area contributed by atoms with Gasteiger partial charge in [0.05, 0.1) is 0 Å². The molecule has 1 aromatic heterocycles. The van der Waals surface area contributed by atoms with Gasteiger partial charge in [0.1, 0.15) is 6.04 Å². The highest BCUT2D eigenvalue weighted by Crippen LogP contribution is 2.12. The molecule has 96 valence electrons. The number of anilines is 1. The van der Waals surface area contributed by atoms with Gasteiger partial charge in [-0.2, -0.15) is 0 Å². The van der Waals surface area contributed by atoms with Crippen molar-refractivity contribution < 1.29 is 19.0 Å². The summed E-state index contributed by atoms with van der Waals surface area (Å²) in [6, 6.07) is -0.767. The van der Waals surface area contributed by atoms with E-state index in [-0.39, 0.29) is 30.3 Å². The van der Waals surface area contributed by atoms with E-state index in [0.717, 1.165) is 4.90 Å². The van der Waals surface area contributed by atoms with Crippen molar-refractivity contribution in [1.29, 1.82) is 0 Å². The summed E-state index contributed by atoms with van der Waals surface area (Å²) in [6.45, 7) is 0. The van der Waals surface area contributed by atoms with Crippen LogP contribution in [0.15, 0.2) is 4.63 Å². The molecule has 0 radical (unpaired) electrons. The molecule has 1 saturated heterocycles. The van der Waals surface area contributed by atoms with Crippen LogP contribution < -0.4 is 11.1 Å². The first-order chi connectivity index (χ1) is 8.50. The Labute approximate surface area is 101 Å². The van der Waals surface area contributed by atoms with Gasteiger partial charge < -0.3 is 11.1 Å². The fraction of sp³-hybridized carbons (Fsp3) is 0.444. The summed E-state index contributed by atoms with van der Waals surface area (Å²) in [5.41, 5.74) is 5.17. The van der Waals surface area contributed by atoms with Crippen molar-refractivity contribution in [2.24, 2.45) is 0 Å². The molecule has 1 aromatic rings. The standard InChI is InChI=1S/C9H11N5O4/c1-14-5(15)3-2-4(9(14)17)11-8(16)6-7(10)13-18-12-6/h4H,2-3H2,1H3,(H2,10,13)(H,11,16). The number of likely N-dealkylation sites (N-methyl/N-ethyl adjacent to an activating group) is 1. The summed E-state index contributed by atoms with van der Waals surface area (Å²) in [6.07, 6.45) is 0.443. The maximum atomic E-state index is 11.7. The number of nitrogens with zero attached hydrogens (tertiary/aromatic N) is 3. The number of imide groups is 1. The molecule has 1 aliphatic rings. The van der Waals surface area contributed by atoms with E-state index in [1.807, 2.05) is 0 Å². The van der Waals surface area contributed by atoms with Crippen molar-refractivity contribution in [3.05, 3.63) is 5.69 Å². The van der Waals surface area contributed by atoms with Gasteiger partial charge >= 0.3 is 0 Å². The smallest absolute Gasteiger partial charge is 0.278 e. The van der Waals surface area contributed by atoms with E-state index in [1.54, 1.807) is 0 Å². The molecular weight excluding hydrogens is 242 g/mol. The van der Waals surface area contributed by atoms with Gasteiger partial charge in [0, 0.05) is 13.5 Å². The third-order valence-corrected chi connectivity index (χ3v) is 2.68. The number of piperidine rings is 1. The fourth-order valence-corrected chi connectivity index (χ4v) is 1.63. The molecule has 0 aromatic carbocycles. The van der Waals surface area contributed by atoms with Crippen LogP contribution in [0.5, 0.6) is 0 Å². The SMILES string of the molecule is CN1C(=O)CCC(NC(=O)c2nonc2N)C1=O. The first kappa shape index (κ1) is 12.0. The lowest BCUT2D eigenvalue weighted by molar-refractivity contribution is -0.147. The number of hydrogen-bond donors (Lipinski definition) is 2. The van der Waals surface area contributed by atoms with Crippen LogP contribution >= 0.6 is 0 Å². The molecule has 0 bridgehead atoms. The van der Waals surface area contributed by atoms with Gasteiger partial charge in [-0.25, -0.2) is 4.63 Å². The van der Waals surface area contributed by atoms with E-state index in [2.05, 4.69) is 20.3 Å². The number of likely N-dealkylation sites (tertiary alicyclic amines) is 1. The summed E-state index contributed by atoms with van der Waals surface area (Å²) < 4.78 is 4.29. The predicted molar refractivity (Wildman–Crippen MR) is 57.0 cm³/mol. The largest absolute Gasteiger partial charge is 0.379 e. The zero-order valence-electron chi connectivity index (χ0n) is 9.54. The molecule has 9 heteroatoms. The molecule has 1 fully saturated rings. The van der Waals surface area contributed by atoms with Crippen LogP contribution in [0, 0.1) is 0 Å². The molecule has 1 unspecified atom stereocenters. The van der Waals surface area contributed by atoms with E-state index in [9.17, 15) is 14.4 Å². The monoisotopic (exact) mass is 253 g/mol. The number of amides is 3. The Morgan fingerprint density at radius 1 is 1.50 bits per heavy atom. The maximum Gasteiger partial charge on any atom is 0.278 e. The zero-order chi connectivity index (χ0) is 13.3. The zero-order valence-corrected chi connectivity index (χ0v) is 9.54. The first-order valence-corrected chi connectivity index (χ1v) is 5.20. The number of carbonyl (C=O) groups excluding carboxylic acids is 3. The highest BCUT2D eigenvalue weighted by Gasteiger charge is 2.33. The van der Waals surface area contributed by atoms with Crippen molar-refractivity contribution in [2.45, 2.75) is 18.9 Å². The molecule has 18 heavy (non-hydrogen) atoms. The number of hydrogen-bond acceptors (Lipinski definition) is 7. The third-order valence-electron chi connectivity index (χ3n) is 2.68. The number of rotatable bonds is 2. The Kier molecular flexibility index (Phi) is 2.96. The topological polar surface area (TPSA) is 131 Å². The summed E-state index contributed by atoms with van der Waals surface area (Å²) in [5.74, 6) is -1.54. The van der Waals surface area contributed by atoms with Crippen molar-refractivity contribution in [3.8, 4) is 0 Å². The number of nitrogens with one attached hydrogen (secondary N) is 1. The van der Waals surface area contributed by atoms with E-state index < -0.39 is 17.9 Å². The lowest BCUT2D eigenvalue weighted by Gasteiger charge is -2.27. The average Bonchev–Trinajstić information content (AvgIpc) is 2.76. The van der Waals surface area contributed by atoms with E-state index in [0.29, 0.717) is 0 Å². The quantitative estimate of drug-likeness (QED) is 0.615. The van der Waals surface area contributed by atoms with Crippen LogP contribution in [0.3, 0.4) is 0 Å². The summed E-state index contributed by atoms with van der Waals surface area (Å²) >= 11 is 0. The lowest BCUT2D eigenvalue weighted by atomic mass is 10.0. The molecule has 0 spiro atoms. The highest BCUT2D eigenvalue weighted by atomic mass is 16.6. The molecule has 0 saturated carbocycles. The number of nitrogen functional groups attached to an aromatic ring is 1. The third kappa shape index (κ3) is 2.01. The fourth-order valence-electron chi connectivity index (χ4n) is 1.63. The van der Waals surface area contributed by atoms with Crippen LogP contribution in [0.1, 0.15) is 23.3 Å². The molecule has 3 amide bonds. The summed E-state index contributed by atoms with van der Waals surface area (Å²) in [7, 11) is 1.37. The van der Waals surface area contributed by atoms with Gasteiger partial charge in [0.25, 0.3) is 11.8 Å². The van der Waals surface area contributed by atoms with Crippen molar-refractivity contribution in [1.82, 2.24) is 20.5 Å². The Balaban J connectivity index is 2.06. The van der Waals surface area contributed by atoms with Gasteiger partial charge in [0.2, 0.25) is 17.4 Å². The highest BCUT2D eigenvalue weighted by molar-refractivity contribution is 6.04. The number of aromatic nitrogens is 2. The minimum atomic E-state index is -0.767. The minimum Gasteiger partial charge on any atom is -0.379 e. The Bertz CT molecular complexity index is 511. The summed E-state index contributed by atoms with van der Waals surface area (Å²) in [4.78, 5) is 35.7. The van der Waals surface area contributed by atoms with E-state index in [4.69, 9.17) is 5.73 Å². The molecule has 9 nitrogen and oxygen atoms in total. The number of nitrogens with two attached hydrogens (primary N) is 1. The van der Waals surface area contributed by atoms with Gasteiger partial charge in [-0.1, -0.05) is 0 Å². The van der Waals surface area contributed by atoms with Gasteiger partial charge in [-0.15, -0.1) is 0 Å². The van der Waals surface area contributed by atoms with Crippen LogP contribution in [0.2, 0.25) is 0 Å². The van der Waals surface area contributed by atoms with Crippen molar-refractivity contribution in [3.63, 3.8) is 0 Å². The van der Waals surface area contributed by atoms with Crippen LogP contribution in [-0.2, 0) is 9.59 Å². The predicted octanol–water partition coefficient (Wildman–Crippen LogP) is -1.47. The Morgan fingerprint density at radius 3 is 2.83 bits per heavy atom. The van der Waals surface area contributed by atoms with Crippen molar-refractivity contribution in [2.75, 3.05) is 12.8 Å². The molecule has 1 aliphatic heterocycles. The van der Waals surface area contributed by atoms with Crippen molar-refractivity contribution >= 4 is 23.5 Å². The van der Waals surface area contributed by atoms with Gasteiger partial charge in [-0.3, -0.25) is 19.3 Å². The second kappa shape index (κ2) is 4.43. The molecular formula is C9H11N5O4. The first-order valence-electron chi connectivity index (χ1n) is 5.20. The Morgan fingerprint density at radius 2 is 2.22 bits per heavy atom. The lowest BCUT2D eigenvalue weighted by Crippen LogP contribution is -2.53. The Hall–Kier alpha value is -2.45. The average molecular weight is 253 g/mol. The molecule has 3 N–H and O–H groups in total. The van der Waals surface area contributed by atoms with E-state index in [1.165, 1.54) is 7.05 Å². The molecule has 0 aliphatic carbocycles. The van der Waals surface area contributed by atoms with Gasteiger partial charge in [0.15, 0.2) is 0 Å². The van der Waals surface area contributed by atoms with Crippen LogP contribution in [-0.4, -0.2) is 46.0 Å². The normalized spacial score (nSPS) is 20.1. The summed E-state index contributed by atoms with van der Waals surface area (Å²) in [5, 5.41) is 9.02. The van der Waals surface area contributed by atoms with Crippen LogP contribution in [0.4, 0.5) is 5.82 Å². The molecule has 2 heterocycles. The van der Waals surface area contributed by atoms with Gasteiger partial charge in [-0.05, 0) is 16.7 Å². The van der Waals surface area contributed by atoms with E-state index >= 15 is 0 Å².